The molecule has 0 aromatic carbocycles. The van der Waals surface area contributed by atoms with Gasteiger partial charge >= 0.3 is 5.97 Å². The van der Waals surface area contributed by atoms with Crippen LogP contribution in [0.25, 0.3) is 0 Å². The van der Waals surface area contributed by atoms with Gasteiger partial charge in [0.05, 0.1) is 32.9 Å². The van der Waals surface area contributed by atoms with E-state index in [1.807, 2.05) is 13.1 Å². The first-order valence-electron chi connectivity index (χ1n) is 4.83. The van der Waals surface area contributed by atoms with Crippen LogP contribution in [0.1, 0.15) is 6.42 Å². The second-order valence-electron chi connectivity index (χ2n) is 3.96. The largest absolute Gasteiger partial charge is 1.00 e. The summed E-state index contributed by atoms with van der Waals surface area (Å²) in [7, 11) is 3.44. The van der Waals surface area contributed by atoms with Gasteiger partial charge in [-0.3, -0.25) is 0 Å². The topological polar surface area (TPSA) is 46.5 Å². The predicted octanol–water partition coefficient (Wildman–Crippen LogP) is -3.07. The van der Waals surface area contributed by atoms with E-state index >= 15 is 0 Å². The average molecular weight is 280 g/mol. The fourth-order valence-corrected chi connectivity index (χ4v) is 1.82. The van der Waals surface area contributed by atoms with E-state index in [2.05, 4.69) is 4.74 Å². The van der Waals surface area contributed by atoms with Crippen molar-refractivity contribution in [3.05, 3.63) is 11.6 Å². The minimum absolute atomic E-state index is 0. The van der Waals surface area contributed by atoms with Gasteiger partial charge in [0.1, 0.15) is 13.1 Å². The summed E-state index contributed by atoms with van der Waals surface area (Å²) in [5.74, 6) is -0.244. The number of nitrogens with zero attached hydrogens (tertiary/aromatic N) is 1. The third-order valence-electron chi connectivity index (χ3n) is 2.70. The summed E-state index contributed by atoms with van der Waals surface area (Å²) in [5, 5.41) is 8.91. The van der Waals surface area contributed by atoms with Crippen LogP contribution in [0.3, 0.4) is 0 Å². The lowest BCUT2D eigenvalue weighted by Gasteiger charge is -2.36. The third kappa shape index (κ3) is 3.93. The monoisotopic (exact) mass is 279 g/mol. The van der Waals surface area contributed by atoms with Crippen LogP contribution in [0.4, 0.5) is 0 Å². The van der Waals surface area contributed by atoms with Crippen molar-refractivity contribution in [3.8, 4) is 0 Å². The zero-order valence-electron chi connectivity index (χ0n) is 9.20. The van der Waals surface area contributed by atoms with Gasteiger partial charge in [-0.25, -0.2) is 4.79 Å². The van der Waals surface area contributed by atoms with E-state index in [-0.39, 0.29) is 29.6 Å². The average Bonchev–Trinajstić information content (AvgIpc) is 2.16. The van der Waals surface area contributed by atoms with Gasteiger partial charge in [0.25, 0.3) is 0 Å². The van der Waals surface area contributed by atoms with Crippen molar-refractivity contribution in [2.75, 3.05) is 40.4 Å². The van der Waals surface area contributed by atoms with Crippen molar-refractivity contribution in [2.24, 2.45) is 0 Å². The highest BCUT2D eigenvalue weighted by molar-refractivity contribution is 5.88. The van der Waals surface area contributed by atoms with Crippen LogP contribution in [0, 0.1) is 0 Å². The summed E-state index contributed by atoms with van der Waals surface area (Å²) >= 11 is 0. The number of aliphatic hydroxyl groups excluding tert-OH is 1. The molecule has 0 radical (unpaired) electrons. The molecule has 0 fully saturated rings. The van der Waals surface area contributed by atoms with Crippen LogP contribution in [0.2, 0.25) is 0 Å². The van der Waals surface area contributed by atoms with Crippen molar-refractivity contribution in [1.82, 2.24) is 0 Å². The van der Waals surface area contributed by atoms with E-state index in [1.165, 1.54) is 7.11 Å². The Morgan fingerprint density at radius 2 is 2.33 bits per heavy atom. The van der Waals surface area contributed by atoms with Gasteiger partial charge in [-0.2, -0.15) is 0 Å². The molecular formula is C10H18BrNO3. The summed E-state index contributed by atoms with van der Waals surface area (Å²) < 4.78 is 5.40. The minimum Gasteiger partial charge on any atom is -1.00 e. The Morgan fingerprint density at radius 3 is 2.87 bits per heavy atom. The smallest absolute Gasteiger partial charge is 0.339 e. The number of carbonyl (C=O) groups excluding carboxylic acids is 1. The lowest BCUT2D eigenvalue weighted by molar-refractivity contribution is -0.906. The van der Waals surface area contributed by atoms with Crippen molar-refractivity contribution in [2.45, 2.75) is 6.42 Å². The molecule has 1 aliphatic rings. The van der Waals surface area contributed by atoms with Crippen molar-refractivity contribution >= 4 is 5.97 Å². The predicted molar refractivity (Wildman–Crippen MR) is 52.6 cm³/mol. The molecular weight excluding hydrogens is 262 g/mol. The molecule has 1 atom stereocenters. The number of esters is 1. The van der Waals surface area contributed by atoms with Gasteiger partial charge < -0.3 is 31.3 Å². The SMILES string of the molecule is COC(=O)C1=CCC[N+](C)(CCO)C1.[Br-]. The van der Waals surface area contributed by atoms with Gasteiger partial charge in [-0.15, -0.1) is 0 Å². The fourth-order valence-electron chi connectivity index (χ4n) is 1.82. The molecule has 88 valence electrons. The van der Waals surface area contributed by atoms with Crippen LogP contribution in [-0.4, -0.2) is 56.0 Å². The van der Waals surface area contributed by atoms with E-state index in [4.69, 9.17) is 5.11 Å². The minimum atomic E-state index is -0.244. The molecule has 0 aromatic heterocycles. The first-order valence-corrected chi connectivity index (χ1v) is 4.83. The van der Waals surface area contributed by atoms with E-state index in [1.54, 1.807) is 0 Å². The summed E-state index contributed by atoms with van der Waals surface area (Å²) in [6, 6.07) is 0. The Morgan fingerprint density at radius 1 is 1.67 bits per heavy atom. The van der Waals surface area contributed by atoms with Gasteiger partial charge in [-0.05, 0) is 0 Å². The van der Waals surface area contributed by atoms with Crippen molar-refractivity contribution in [3.63, 3.8) is 0 Å². The summed E-state index contributed by atoms with van der Waals surface area (Å²) in [5.41, 5.74) is 0.731. The van der Waals surface area contributed by atoms with Gasteiger partial charge in [0.15, 0.2) is 0 Å². The van der Waals surface area contributed by atoms with Crippen LogP contribution in [0.15, 0.2) is 11.6 Å². The number of ether oxygens (including phenoxy) is 1. The van der Waals surface area contributed by atoms with Gasteiger partial charge in [0, 0.05) is 6.42 Å². The quantitative estimate of drug-likeness (QED) is 0.441. The molecule has 1 aliphatic heterocycles. The number of carbonyl (C=O) groups is 1. The molecule has 1 rings (SSSR count). The highest BCUT2D eigenvalue weighted by Gasteiger charge is 2.29. The zero-order valence-corrected chi connectivity index (χ0v) is 10.8. The van der Waals surface area contributed by atoms with Crippen LogP contribution in [0.5, 0.6) is 0 Å². The Hall–Kier alpha value is -0.390. The van der Waals surface area contributed by atoms with E-state index in [0.29, 0.717) is 13.1 Å². The summed E-state index contributed by atoms with van der Waals surface area (Å²) in [6.45, 7) is 2.48. The molecule has 0 saturated heterocycles. The molecule has 15 heavy (non-hydrogen) atoms. The molecule has 5 heteroatoms. The number of hydrogen-bond acceptors (Lipinski definition) is 3. The number of hydrogen-bond donors (Lipinski definition) is 1. The van der Waals surface area contributed by atoms with Crippen LogP contribution < -0.4 is 17.0 Å². The van der Waals surface area contributed by atoms with E-state index in [9.17, 15) is 4.79 Å². The standard InChI is InChI=1S/C10H18NO3.BrH/c1-11(6-7-12)5-3-4-9(8-11)10(13)14-2;/h4,12H,3,5-8H2,1-2H3;1H/q+1;/p-1. The Labute approximate surface area is 101 Å². The molecule has 0 aromatic rings. The van der Waals surface area contributed by atoms with Crippen molar-refractivity contribution in [1.29, 1.82) is 0 Å². The molecule has 0 saturated carbocycles. The molecule has 1 heterocycles. The van der Waals surface area contributed by atoms with Crippen LogP contribution >= 0.6 is 0 Å². The molecule has 4 nitrogen and oxygen atoms in total. The first kappa shape index (κ1) is 14.6. The zero-order chi connectivity index (χ0) is 10.6. The Balaban J connectivity index is 0.00000196. The highest BCUT2D eigenvalue weighted by Crippen LogP contribution is 2.16. The van der Waals surface area contributed by atoms with Crippen molar-refractivity contribution < 1.29 is 36.1 Å². The molecule has 0 amide bonds. The molecule has 1 unspecified atom stereocenters. The number of aliphatic hydroxyl groups is 1. The lowest BCUT2D eigenvalue weighted by atomic mass is 10.1. The molecule has 0 aliphatic carbocycles. The van der Waals surface area contributed by atoms with Gasteiger partial charge in [0.2, 0.25) is 0 Å². The number of likely N-dealkylation sites (N-methyl/N-ethyl adjacent to an activating group) is 1. The van der Waals surface area contributed by atoms with Crippen LogP contribution in [-0.2, 0) is 9.53 Å². The maximum atomic E-state index is 11.3. The van der Waals surface area contributed by atoms with Gasteiger partial charge in [-0.1, -0.05) is 6.08 Å². The van der Waals surface area contributed by atoms with E-state index < -0.39 is 0 Å². The third-order valence-corrected chi connectivity index (χ3v) is 2.70. The number of methoxy groups -OCH3 is 1. The maximum Gasteiger partial charge on any atom is 0.339 e. The first-order chi connectivity index (χ1) is 6.61. The Bertz CT molecular complexity index is 255. The summed E-state index contributed by atoms with van der Waals surface area (Å²) in [6.07, 6.45) is 2.81. The molecule has 1 N–H and O–H groups in total. The highest BCUT2D eigenvalue weighted by atomic mass is 79.9. The Kier molecular flexibility index (Phi) is 6.09. The van der Waals surface area contributed by atoms with E-state index in [0.717, 1.165) is 23.0 Å². The molecule has 0 spiro atoms. The second kappa shape index (κ2) is 6.25. The number of rotatable bonds is 3. The lowest BCUT2D eigenvalue weighted by Crippen LogP contribution is -3.00. The maximum absolute atomic E-state index is 11.3. The fraction of sp³-hybridized carbons (Fsp3) is 0.700. The number of quaternary nitrogens is 1. The molecule has 0 bridgehead atoms. The number of halogens is 1. The second-order valence-corrected chi connectivity index (χ2v) is 3.96. The normalized spacial score (nSPS) is 25.1. The summed E-state index contributed by atoms with van der Waals surface area (Å²) in [4.78, 5) is 11.3.